The molecule has 0 bridgehead atoms. The first-order valence-electron chi connectivity index (χ1n) is 10.4. The van der Waals surface area contributed by atoms with Gasteiger partial charge in [-0.1, -0.05) is 52.5 Å². The Kier molecular flexibility index (Phi) is 6.23. The Morgan fingerprint density at radius 2 is 2.19 bits per heavy atom. The van der Waals surface area contributed by atoms with E-state index in [1.54, 1.807) is 0 Å². The zero-order valence-electron chi connectivity index (χ0n) is 16.6. The van der Waals surface area contributed by atoms with Gasteiger partial charge in [-0.3, -0.25) is 0 Å². The molecule has 0 aromatic heterocycles. The number of carbonyl (C=O) groups is 1. The minimum atomic E-state index is -0.323. The lowest BCUT2D eigenvalue weighted by molar-refractivity contribution is 0.194. The minimum Gasteiger partial charge on any atom is -0.410 e. The van der Waals surface area contributed by atoms with E-state index in [1.165, 1.54) is 30.4 Å². The Bertz CT molecular complexity index is 631. The number of amides is 1. The average molecular weight is 359 g/mol. The summed E-state index contributed by atoms with van der Waals surface area (Å²) in [7, 11) is 0. The van der Waals surface area contributed by atoms with Crippen LogP contribution in [0.25, 0.3) is 0 Å². The molecule has 4 nitrogen and oxygen atoms in total. The van der Waals surface area contributed by atoms with Crippen LogP contribution >= 0.6 is 0 Å². The number of benzene rings is 1. The fraction of sp³-hybridized carbons (Fsp3) is 0.682. The number of hydrogen-bond acceptors (Lipinski definition) is 3. The Labute approximate surface area is 158 Å². The number of nitrogens with one attached hydrogen (secondary N) is 2. The molecule has 1 heterocycles. The highest BCUT2D eigenvalue weighted by Gasteiger charge is 2.46. The van der Waals surface area contributed by atoms with Crippen molar-refractivity contribution >= 4 is 6.09 Å². The maximum Gasteiger partial charge on any atom is 0.412 e. The SMILES string of the molecule is CCCCCCC(CC)NC(=O)Oc1ccc2c(c1)[C@]1(C)CCN[C@@H]1C2. The van der Waals surface area contributed by atoms with Crippen molar-refractivity contribution in [2.45, 2.75) is 89.6 Å². The highest BCUT2D eigenvalue weighted by Crippen LogP contribution is 2.45. The fourth-order valence-electron chi connectivity index (χ4n) is 4.57. The monoisotopic (exact) mass is 358 g/mol. The third-order valence-corrected chi connectivity index (χ3v) is 6.36. The zero-order valence-corrected chi connectivity index (χ0v) is 16.6. The molecule has 4 heteroatoms. The van der Waals surface area contributed by atoms with Crippen molar-refractivity contribution in [3.8, 4) is 5.75 Å². The first-order chi connectivity index (χ1) is 12.6. The van der Waals surface area contributed by atoms with Crippen molar-refractivity contribution in [3.05, 3.63) is 29.3 Å². The van der Waals surface area contributed by atoms with E-state index in [0.29, 0.717) is 11.8 Å². The van der Waals surface area contributed by atoms with E-state index >= 15 is 0 Å². The first kappa shape index (κ1) is 19.2. The van der Waals surface area contributed by atoms with Crippen LogP contribution in [0.1, 0.15) is 76.8 Å². The summed E-state index contributed by atoms with van der Waals surface area (Å²) < 4.78 is 5.62. The van der Waals surface area contributed by atoms with Gasteiger partial charge >= 0.3 is 6.09 Å². The molecule has 3 atom stereocenters. The molecule has 1 aromatic rings. The van der Waals surface area contributed by atoms with Crippen molar-refractivity contribution in [2.75, 3.05) is 6.54 Å². The molecule has 1 aliphatic carbocycles. The molecule has 3 rings (SSSR count). The fourth-order valence-corrected chi connectivity index (χ4v) is 4.57. The van der Waals surface area contributed by atoms with Crippen LogP contribution in [0.5, 0.6) is 5.75 Å². The molecule has 0 saturated carbocycles. The molecule has 1 unspecified atom stereocenters. The Hall–Kier alpha value is -1.55. The Balaban J connectivity index is 1.57. The minimum absolute atomic E-state index is 0.177. The predicted molar refractivity (Wildman–Crippen MR) is 106 cm³/mol. The largest absolute Gasteiger partial charge is 0.412 e. The summed E-state index contributed by atoms with van der Waals surface area (Å²) in [6.07, 6.45) is 8.78. The topological polar surface area (TPSA) is 50.4 Å². The van der Waals surface area contributed by atoms with Gasteiger partial charge in [-0.2, -0.15) is 0 Å². The summed E-state index contributed by atoms with van der Waals surface area (Å²) in [4.78, 5) is 12.3. The van der Waals surface area contributed by atoms with E-state index in [1.807, 2.05) is 6.07 Å². The summed E-state index contributed by atoms with van der Waals surface area (Å²) in [5.41, 5.74) is 2.92. The molecular formula is C22H34N2O2. The van der Waals surface area contributed by atoms with Crippen LogP contribution in [-0.4, -0.2) is 24.7 Å². The second-order valence-electron chi connectivity index (χ2n) is 8.19. The van der Waals surface area contributed by atoms with Gasteiger partial charge in [0.1, 0.15) is 5.75 Å². The van der Waals surface area contributed by atoms with E-state index in [2.05, 4.69) is 43.5 Å². The van der Waals surface area contributed by atoms with Crippen molar-refractivity contribution in [1.29, 1.82) is 0 Å². The third kappa shape index (κ3) is 4.06. The van der Waals surface area contributed by atoms with Crippen LogP contribution < -0.4 is 15.4 Å². The maximum atomic E-state index is 12.3. The highest BCUT2D eigenvalue weighted by atomic mass is 16.6. The zero-order chi connectivity index (χ0) is 18.6. The lowest BCUT2D eigenvalue weighted by Crippen LogP contribution is -2.36. The molecular weight excluding hydrogens is 324 g/mol. The van der Waals surface area contributed by atoms with E-state index in [0.717, 1.165) is 38.6 Å². The number of unbranched alkanes of at least 4 members (excludes halogenated alkanes) is 3. The van der Waals surface area contributed by atoms with E-state index < -0.39 is 0 Å². The van der Waals surface area contributed by atoms with Crippen LogP contribution in [0.15, 0.2) is 18.2 Å². The first-order valence-corrected chi connectivity index (χ1v) is 10.4. The van der Waals surface area contributed by atoms with Crippen molar-refractivity contribution in [3.63, 3.8) is 0 Å². The number of hydrogen-bond donors (Lipinski definition) is 2. The second-order valence-corrected chi connectivity index (χ2v) is 8.19. The predicted octanol–water partition coefficient (Wildman–Crippen LogP) is 4.70. The summed E-state index contributed by atoms with van der Waals surface area (Å²) >= 11 is 0. The van der Waals surface area contributed by atoms with Gasteiger partial charge in [-0.15, -0.1) is 0 Å². The van der Waals surface area contributed by atoms with E-state index in [4.69, 9.17) is 4.74 Å². The number of rotatable bonds is 8. The molecule has 1 fully saturated rings. The molecule has 2 N–H and O–H groups in total. The third-order valence-electron chi connectivity index (χ3n) is 6.36. The van der Waals surface area contributed by atoms with Crippen LogP contribution in [0, 0.1) is 0 Å². The summed E-state index contributed by atoms with van der Waals surface area (Å²) in [6, 6.07) is 6.88. The Morgan fingerprint density at radius 3 is 2.96 bits per heavy atom. The molecule has 1 saturated heterocycles. The van der Waals surface area contributed by atoms with Crippen molar-refractivity contribution in [1.82, 2.24) is 10.6 Å². The smallest absolute Gasteiger partial charge is 0.410 e. The molecule has 0 spiro atoms. The lowest BCUT2D eigenvalue weighted by Gasteiger charge is -2.25. The van der Waals surface area contributed by atoms with Gasteiger partial charge in [0.05, 0.1) is 0 Å². The maximum absolute atomic E-state index is 12.3. The summed E-state index contributed by atoms with van der Waals surface area (Å²) in [5.74, 6) is 0.663. The van der Waals surface area contributed by atoms with Gasteiger partial charge in [0.15, 0.2) is 0 Å². The molecule has 144 valence electrons. The molecule has 2 aliphatic rings. The van der Waals surface area contributed by atoms with Gasteiger partial charge in [-0.25, -0.2) is 4.79 Å². The van der Waals surface area contributed by atoms with Crippen LogP contribution in [0.4, 0.5) is 4.79 Å². The summed E-state index contributed by atoms with van der Waals surface area (Å²) in [6.45, 7) is 7.74. The van der Waals surface area contributed by atoms with Gasteiger partial charge in [-0.05, 0) is 55.5 Å². The van der Waals surface area contributed by atoms with Crippen molar-refractivity contribution < 1.29 is 9.53 Å². The van der Waals surface area contributed by atoms with Gasteiger partial charge in [0.25, 0.3) is 0 Å². The summed E-state index contributed by atoms with van der Waals surface area (Å²) in [5, 5.41) is 6.65. The molecule has 1 aromatic carbocycles. The van der Waals surface area contributed by atoms with Gasteiger partial charge in [0.2, 0.25) is 0 Å². The van der Waals surface area contributed by atoms with Gasteiger partial charge < -0.3 is 15.4 Å². The van der Waals surface area contributed by atoms with Crippen LogP contribution in [0.2, 0.25) is 0 Å². The standard InChI is InChI=1S/C22H34N2O2/c1-4-6-7-8-9-17(5-2)24-21(25)26-18-11-10-16-14-20-22(3,12-13-23-20)19(16)15-18/h10-11,15,17,20,23H,4-9,12-14H2,1-3H3,(H,24,25)/t17?,20-,22+/m1/s1. The number of carbonyl (C=O) groups excluding carboxylic acids is 1. The average Bonchev–Trinajstić information content (AvgIpc) is 3.12. The number of ether oxygens (including phenoxy) is 1. The quantitative estimate of drug-likeness (QED) is 0.662. The van der Waals surface area contributed by atoms with Crippen LogP contribution in [0.3, 0.4) is 0 Å². The van der Waals surface area contributed by atoms with E-state index in [-0.39, 0.29) is 17.6 Å². The van der Waals surface area contributed by atoms with Crippen LogP contribution in [-0.2, 0) is 11.8 Å². The Morgan fingerprint density at radius 1 is 1.35 bits per heavy atom. The van der Waals surface area contributed by atoms with Gasteiger partial charge in [0, 0.05) is 17.5 Å². The molecule has 1 aliphatic heterocycles. The molecule has 26 heavy (non-hydrogen) atoms. The second kappa shape index (κ2) is 8.43. The molecule has 0 radical (unpaired) electrons. The molecule has 1 amide bonds. The van der Waals surface area contributed by atoms with E-state index in [9.17, 15) is 4.79 Å². The normalized spacial score (nSPS) is 24.8. The number of fused-ring (bicyclic) bond motifs is 3. The van der Waals surface area contributed by atoms with Crippen molar-refractivity contribution in [2.24, 2.45) is 0 Å². The highest BCUT2D eigenvalue weighted by molar-refractivity contribution is 5.71. The lowest BCUT2D eigenvalue weighted by atomic mass is 9.81.